The van der Waals surface area contributed by atoms with Crippen molar-refractivity contribution in [2.24, 2.45) is 11.8 Å². The Labute approximate surface area is 157 Å². The van der Waals surface area contributed by atoms with Crippen LogP contribution in [-0.2, 0) is 0 Å². The maximum absolute atomic E-state index is 13.4. The molecule has 0 amide bonds. The monoisotopic (exact) mass is 374 g/mol. The number of aryl methyl sites for hydroxylation is 1. The molecule has 4 rings (SSSR count). The van der Waals surface area contributed by atoms with E-state index in [0.29, 0.717) is 11.8 Å². The number of benzene rings is 1. The number of phenols is 1. The van der Waals surface area contributed by atoms with Crippen LogP contribution in [0.1, 0.15) is 18.5 Å². The van der Waals surface area contributed by atoms with Gasteiger partial charge in [0, 0.05) is 29.6 Å². The third-order valence-corrected chi connectivity index (χ3v) is 6.38. The Balaban J connectivity index is 1.25. The van der Waals surface area contributed by atoms with E-state index in [1.165, 1.54) is 12.1 Å². The normalized spacial score (nSPS) is 25.4. The smallest absolute Gasteiger partial charge is 0.165 e. The predicted octanol–water partition coefficient (Wildman–Crippen LogP) is 4.07. The van der Waals surface area contributed by atoms with Gasteiger partial charge in [-0.25, -0.2) is 4.39 Å². The number of hydrogen-bond donors (Lipinski definition) is 1. The van der Waals surface area contributed by atoms with Gasteiger partial charge in [0.2, 0.25) is 0 Å². The summed E-state index contributed by atoms with van der Waals surface area (Å²) in [5.41, 5.74) is 1.00. The number of hydrogen-bond acceptors (Lipinski definition) is 5. The fraction of sp³-hybridized carbons (Fsp3) is 0.450. The van der Waals surface area contributed by atoms with Gasteiger partial charge in [-0.15, -0.1) is 11.8 Å². The summed E-state index contributed by atoms with van der Waals surface area (Å²) in [5, 5.41) is 9.27. The average Bonchev–Trinajstić information content (AvgIpc) is 3.16. The molecule has 138 valence electrons. The van der Waals surface area contributed by atoms with Crippen LogP contribution in [0.2, 0.25) is 0 Å². The van der Waals surface area contributed by atoms with Crippen LogP contribution < -0.4 is 4.74 Å². The van der Waals surface area contributed by atoms with E-state index in [0.717, 1.165) is 48.1 Å². The van der Waals surface area contributed by atoms with Gasteiger partial charge in [0.05, 0.1) is 12.3 Å². The molecule has 2 heterocycles. The summed E-state index contributed by atoms with van der Waals surface area (Å²) >= 11 is 1.62. The lowest BCUT2D eigenvalue weighted by atomic mass is 10.0. The fourth-order valence-corrected chi connectivity index (χ4v) is 4.90. The van der Waals surface area contributed by atoms with E-state index >= 15 is 0 Å². The Hall–Kier alpha value is -1.79. The van der Waals surface area contributed by atoms with Gasteiger partial charge in [0.25, 0.3) is 0 Å². The molecule has 0 bridgehead atoms. The molecule has 2 fully saturated rings. The first-order chi connectivity index (χ1) is 12.6. The zero-order chi connectivity index (χ0) is 18.1. The third kappa shape index (κ3) is 3.96. The molecule has 1 aromatic carbocycles. The van der Waals surface area contributed by atoms with Crippen molar-refractivity contribution in [2.45, 2.75) is 30.8 Å². The van der Waals surface area contributed by atoms with Crippen LogP contribution in [0.5, 0.6) is 11.5 Å². The molecule has 3 atom stereocenters. The van der Waals surface area contributed by atoms with Crippen molar-refractivity contribution in [3.63, 3.8) is 0 Å². The van der Waals surface area contributed by atoms with Gasteiger partial charge in [0.1, 0.15) is 5.75 Å². The Morgan fingerprint density at radius 3 is 2.65 bits per heavy atom. The second kappa shape index (κ2) is 7.45. The van der Waals surface area contributed by atoms with E-state index in [2.05, 4.69) is 9.88 Å². The molecule has 4 nitrogen and oxygen atoms in total. The largest absolute Gasteiger partial charge is 0.505 e. The van der Waals surface area contributed by atoms with Gasteiger partial charge < -0.3 is 9.84 Å². The molecule has 2 aliphatic rings. The minimum Gasteiger partial charge on any atom is -0.505 e. The van der Waals surface area contributed by atoms with Crippen LogP contribution in [0.4, 0.5) is 4.39 Å². The number of ether oxygens (including phenoxy) is 1. The van der Waals surface area contributed by atoms with Crippen molar-refractivity contribution in [3.8, 4) is 11.5 Å². The molecule has 1 aliphatic heterocycles. The second-order valence-electron chi connectivity index (χ2n) is 7.29. The Bertz CT molecular complexity index is 757. The highest BCUT2D eigenvalue weighted by molar-refractivity contribution is 7.99. The molecule has 0 radical (unpaired) electrons. The number of halogens is 1. The van der Waals surface area contributed by atoms with E-state index in [1.54, 1.807) is 17.8 Å². The molecule has 2 aromatic rings. The molecular formula is C20H23FN2O2S. The number of aromatic nitrogens is 1. The minimum atomic E-state index is -0.557. The summed E-state index contributed by atoms with van der Waals surface area (Å²) in [6, 6.07) is 8.56. The minimum absolute atomic E-state index is 0.288. The lowest BCUT2D eigenvalue weighted by Gasteiger charge is -2.19. The molecule has 6 heteroatoms. The van der Waals surface area contributed by atoms with Crippen molar-refractivity contribution >= 4 is 11.8 Å². The summed E-state index contributed by atoms with van der Waals surface area (Å²) in [6.45, 7) is 4.12. The number of pyridine rings is 1. The first-order valence-electron chi connectivity index (χ1n) is 9.00. The molecule has 26 heavy (non-hydrogen) atoms. The highest BCUT2D eigenvalue weighted by atomic mass is 32.2. The van der Waals surface area contributed by atoms with Crippen LogP contribution in [0.3, 0.4) is 0 Å². The van der Waals surface area contributed by atoms with Crippen LogP contribution in [0.15, 0.2) is 41.4 Å². The van der Waals surface area contributed by atoms with Gasteiger partial charge in [0.15, 0.2) is 11.6 Å². The topological polar surface area (TPSA) is 45.6 Å². The van der Waals surface area contributed by atoms with E-state index < -0.39 is 5.82 Å². The van der Waals surface area contributed by atoms with Crippen LogP contribution in [0.25, 0.3) is 0 Å². The number of aromatic hydroxyl groups is 1. The van der Waals surface area contributed by atoms with E-state index in [9.17, 15) is 9.50 Å². The van der Waals surface area contributed by atoms with Gasteiger partial charge in [-0.3, -0.25) is 9.88 Å². The predicted molar refractivity (Wildman–Crippen MR) is 100.0 cm³/mol. The van der Waals surface area contributed by atoms with Crippen LogP contribution in [-0.4, -0.2) is 40.1 Å². The number of nitrogens with zero attached hydrogens (tertiary/aromatic N) is 2. The summed E-state index contributed by atoms with van der Waals surface area (Å²) < 4.78 is 19.5. The number of likely N-dealkylation sites (tertiary alicyclic amines) is 1. The number of phenolic OH excluding ortho intramolecular Hbond substituents is 1. The third-order valence-electron chi connectivity index (χ3n) is 5.30. The van der Waals surface area contributed by atoms with Gasteiger partial charge in [-0.1, -0.05) is 0 Å². The van der Waals surface area contributed by atoms with Crippen LogP contribution in [0, 0.1) is 24.6 Å². The molecular weight excluding hydrogens is 351 g/mol. The quantitative estimate of drug-likeness (QED) is 0.799. The molecule has 1 N–H and O–H groups in total. The first-order valence-corrected chi connectivity index (χ1v) is 9.98. The Kier molecular flexibility index (Phi) is 5.05. The number of rotatable bonds is 5. The van der Waals surface area contributed by atoms with Crippen molar-refractivity contribution < 1.29 is 14.2 Å². The maximum atomic E-state index is 13.4. The van der Waals surface area contributed by atoms with Crippen molar-refractivity contribution in [1.29, 1.82) is 0 Å². The van der Waals surface area contributed by atoms with E-state index in [-0.39, 0.29) is 11.9 Å². The lowest BCUT2D eigenvalue weighted by molar-refractivity contribution is 0.189. The highest BCUT2D eigenvalue weighted by Crippen LogP contribution is 2.40. The summed E-state index contributed by atoms with van der Waals surface area (Å²) in [7, 11) is 0. The van der Waals surface area contributed by atoms with E-state index in [1.807, 2.05) is 25.3 Å². The number of fused-ring (bicyclic) bond motifs is 1. The van der Waals surface area contributed by atoms with Crippen molar-refractivity contribution in [3.05, 3.63) is 48.0 Å². The fourth-order valence-electron chi connectivity index (χ4n) is 4.00. The Morgan fingerprint density at radius 2 is 2.00 bits per heavy atom. The van der Waals surface area contributed by atoms with Gasteiger partial charge in [-0.05, 0) is 61.9 Å². The highest BCUT2D eigenvalue weighted by Gasteiger charge is 2.41. The van der Waals surface area contributed by atoms with Crippen molar-refractivity contribution in [2.75, 3.05) is 19.0 Å². The molecule has 1 saturated heterocycles. The average molecular weight is 374 g/mol. The summed E-state index contributed by atoms with van der Waals surface area (Å²) in [4.78, 5) is 7.58. The maximum Gasteiger partial charge on any atom is 0.165 e. The molecule has 0 spiro atoms. The summed E-state index contributed by atoms with van der Waals surface area (Å²) in [6.07, 6.45) is 4.28. The second-order valence-corrected chi connectivity index (χ2v) is 8.31. The SMILES string of the molecule is Cc1ccc(O[C@H]2C[C@@H]3CN(CSc4ccc(O)c(F)c4)C[C@@H]3C2)cn1. The van der Waals surface area contributed by atoms with Gasteiger partial charge >= 0.3 is 0 Å². The van der Waals surface area contributed by atoms with Gasteiger partial charge in [-0.2, -0.15) is 0 Å². The van der Waals surface area contributed by atoms with Crippen LogP contribution >= 0.6 is 11.8 Å². The first kappa shape index (κ1) is 17.6. The molecule has 1 aliphatic carbocycles. The number of thioether (sulfide) groups is 1. The molecule has 1 saturated carbocycles. The zero-order valence-electron chi connectivity index (χ0n) is 14.8. The zero-order valence-corrected chi connectivity index (χ0v) is 15.6. The standard InChI is InChI=1S/C20H23FN2O2S/c1-13-2-3-16(9-22-13)25-17-6-14-10-23(11-15(14)7-17)12-26-18-4-5-20(24)19(21)8-18/h2-5,8-9,14-15,17,24H,6-7,10-12H2,1H3/t14-,15+,17+. The Morgan fingerprint density at radius 1 is 1.23 bits per heavy atom. The lowest BCUT2D eigenvalue weighted by Crippen LogP contribution is -2.24. The summed E-state index contributed by atoms with van der Waals surface area (Å²) in [5.74, 6) is 2.22. The molecule has 0 unspecified atom stereocenters. The molecule has 1 aromatic heterocycles. The van der Waals surface area contributed by atoms with E-state index in [4.69, 9.17) is 4.74 Å². The van der Waals surface area contributed by atoms with Crippen molar-refractivity contribution in [1.82, 2.24) is 9.88 Å².